The van der Waals surface area contributed by atoms with Crippen molar-refractivity contribution in [2.45, 2.75) is 0 Å². The van der Waals surface area contributed by atoms with Crippen molar-refractivity contribution >= 4 is 6.09 Å². The molecule has 1 aromatic heterocycles. The van der Waals surface area contributed by atoms with E-state index >= 15 is 0 Å². The second-order valence-electron chi connectivity index (χ2n) is 4.84. The third-order valence-electron chi connectivity index (χ3n) is 3.37. The van der Waals surface area contributed by atoms with Crippen LogP contribution in [0.1, 0.15) is 0 Å². The molecule has 0 radical (unpaired) electrons. The molecule has 2 rings (SSSR count). The van der Waals surface area contributed by atoms with Crippen molar-refractivity contribution < 1.29 is 24.5 Å². The topological polar surface area (TPSA) is 95.4 Å². The maximum Gasteiger partial charge on any atom is 0.407 e. The number of hydrogen-bond donors (Lipinski definition) is 2. The van der Waals surface area contributed by atoms with Crippen LogP contribution in [0.15, 0.2) is 18.3 Å². The van der Waals surface area contributed by atoms with Gasteiger partial charge in [0.05, 0.1) is 6.61 Å². The summed E-state index contributed by atoms with van der Waals surface area (Å²) in [6.45, 7) is 3.70. The Kier molecular flexibility index (Phi) is 6.23. The second-order valence-corrected chi connectivity index (χ2v) is 4.84. The summed E-state index contributed by atoms with van der Waals surface area (Å²) in [5, 5.41) is 17.7. The van der Waals surface area contributed by atoms with E-state index in [0.29, 0.717) is 51.0 Å². The Morgan fingerprint density at radius 2 is 2.00 bits per heavy atom. The number of aromatic nitrogens is 1. The second kappa shape index (κ2) is 8.40. The summed E-state index contributed by atoms with van der Waals surface area (Å²) in [6.07, 6.45) is 0.752. The van der Waals surface area contributed by atoms with Gasteiger partial charge in [0.25, 0.3) is 5.88 Å². The van der Waals surface area contributed by atoms with E-state index in [1.54, 1.807) is 18.3 Å². The number of ether oxygens (including phenoxy) is 2. The number of carbonyl (C=O) groups is 1. The smallest absolute Gasteiger partial charge is 0.407 e. The van der Waals surface area contributed by atoms with Gasteiger partial charge in [-0.2, -0.15) is 0 Å². The predicted molar refractivity (Wildman–Crippen MR) is 78.4 cm³/mol. The van der Waals surface area contributed by atoms with E-state index in [1.807, 2.05) is 0 Å². The monoisotopic (exact) mass is 311 g/mol. The number of nitrogens with zero attached hydrogens (tertiary/aromatic N) is 3. The molecule has 8 heteroatoms. The normalized spacial score (nSPS) is 15.6. The number of rotatable bonds is 7. The Morgan fingerprint density at radius 1 is 1.23 bits per heavy atom. The maximum absolute atomic E-state index is 10.8. The predicted octanol–water partition coefficient (Wildman–Crippen LogP) is 0.127. The van der Waals surface area contributed by atoms with E-state index in [-0.39, 0.29) is 13.2 Å². The number of carboxylic acid groups (broad SMARTS) is 1. The first-order valence-electron chi connectivity index (χ1n) is 7.22. The number of aliphatic hydroxyl groups is 1. The molecule has 1 fully saturated rings. The molecule has 0 aliphatic carbocycles. The quantitative estimate of drug-likeness (QED) is 0.739. The van der Waals surface area contributed by atoms with Crippen molar-refractivity contribution in [2.24, 2.45) is 0 Å². The SMILES string of the molecule is O=C(O)N1CCN(CCOc2ncccc2OCCO)CC1. The van der Waals surface area contributed by atoms with Gasteiger partial charge in [0.15, 0.2) is 5.75 Å². The number of amides is 1. The highest BCUT2D eigenvalue weighted by Gasteiger charge is 2.20. The van der Waals surface area contributed by atoms with Crippen molar-refractivity contribution in [1.82, 2.24) is 14.8 Å². The standard InChI is InChI=1S/C14H21N3O5/c18-9-11-21-12-2-1-3-15-13(12)22-10-8-16-4-6-17(7-5-16)14(19)20/h1-3,18H,4-11H2,(H,19,20). The molecule has 122 valence electrons. The molecule has 0 atom stereocenters. The zero-order valence-electron chi connectivity index (χ0n) is 12.3. The lowest BCUT2D eigenvalue weighted by molar-refractivity contribution is 0.0974. The van der Waals surface area contributed by atoms with E-state index in [2.05, 4.69) is 9.88 Å². The van der Waals surface area contributed by atoms with Gasteiger partial charge in [-0.1, -0.05) is 0 Å². The maximum atomic E-state index is 10.8. The van der Waals surface area contributed by atoms with Gasteiger partial charge < -0.3 is 24.6 Å². The van der Waals surface area contributed by atoms with E-state index < -0.39 is 6.09 Å². The highest BCUT2D eigenvalue weighted by Crippen LogP contribution is 2.23. The molecule has 0 saturated carbocycles. The van der Waals surface area contributed by atoms with Crippen LogP contribution in [-0.4, -0.2) is 83.6 Å². The average molecular weight is 311 g/mol. The van der Waals surface area contributed by atoms with Crippen LogP contribution in [0.25, 0.3) is 0 Å². The van der Waals surface area contributed by atoms with E-state index in [0.717, 1.165) is 0 Å². The van der Waals surface area contributed by atoms with Crippen LogP contribution < -0.4 is 9.47 Å². The summed E-state index contributed by atoms with van der Waals surface area (Å²) in [7, 11) is 0. The van der Waals surface area contributed by atoms with Crippen molar-refractivity contribution in [1.29, 1.82) is 0 Å². The van der Waals surface area contributed by atoms with E-state index in [9.17, 15) is 4.79 Å². The van der Waals surface area contributed by atoms with Gasteiger partial charge in [-0.3, -0.25) is 4.90 Å². The lowest BCUT2D eigenvalue weighted by Gasteiger charge is -2.32. The zero-order valence-corrected chi connectivity index (χ0v) is 12.3. The Labute approximate surface area is 128 Å². The molecule has 0 bridgehead atoms. The summed E-state index contributed by atoms with van der Waals surface area (Å²) >= 11 is 0. The molecule has 1 amide bonds. The summed E-state index contributed by atoms with van der Waals surface area (Å²) in [5.74, 6) is 0.910. The third-order valence-corrected chi connectivity index (χ3v) is 3.37. The first kappa shape index (κ1) is 16.3. The number of pyridine rings is 1. The molecule has 0 spiro atoms. The van der Waals surface area contributed by atoms with E-state index in [1.165, 1.54) is 4.90 Å². The van der Waals surface area contributed by atoms with Crippen LogP contribution in [0.3, 0.4) is 0 Å². The molecule has 1 saturated heterocycles. The van der Waals surface area contributed by atoms with Crippen molar-refractivity contribution in [2.75, 3.05) is 52.5 Å². The molecule has 1 aliphatic rings. The molecule has 22 heavy (non-hydrogen) atoms. The highest BCUT2D eigenvalue weighted by atomic mass is 16.5. The van der Waals surface area contributed by atoms with Crippen LogP contribution in [0.4, 0.5) is 4.79 Å². The summed E-state index contributed by atoms with van der Waals surface area (Å²) in [5.41, 5.74) is 0. The van der Waals surface area contributed by atoms with Crippen molar-refractivity contribution in [3.05, 3.63) is 18.3 Å². The average Bonchev–Trinajstić information content (AvgIpc) is 2.54. The minimum absolute atomic E-state index is 0.0673. The van der Waals surface area contributed by atoms with Crippen LogP contribution in [0, 0.1) is 0 Å². The lowest BCUT2D eigenvalue weighted by Crippen LogP contribution is -2.49. The van der Waals surface area contributed by atoms with Crippen LogP contribution in [0.2, 0.25) is 0 Å². The number of piperazine rings is 1. The molecule has 8 nitrogen and oxygen atoms in total. The van der Waals surface area contributed by atoms with Gasteiger partial charge in [-0.25, -0.2) is 9.78 Å². The summed E-state index contributed by atoms with van der Waals surface area (Å²) in [6, 6.07) is 3.48. The Hall–Kier alpha value is -2.06. The van der Waals surface area contributed by atoms with Gasteiger partial charge in [-0.15, -0.1) is 0 Å². The van der Waals surface area contributed by atoms with Gasteiger partial charge >= 0.3 is 6.09 Å². The molecule has 0 aromatic carbocycles. The van der Waals surface area contributed by atoms with Crippen LogP contribution in [-0.2, 0) is 0 Å². The Balaban J connectivity index is 1.74. The van der Waals surface area contributed by atoms with Crippen molar-refractivity contribution in [3.8, 4) is 11.6 Å². The van der Waals surface area contributed by atoms with E-state index in [4.69, 9.17) is 19.7 Å². The van der Waals surface area contributed by atoms with Crippen LogP contribution in [0.5, 0.6) is 11.6 Å². The lowest BCUT2D eigenvalue weighted by atomic mass is 10.3. The fourth-order valence-corrected chi connectivity index (χ4v) is 2.18. The first-order valence-corrected chi connectivity index (χ1v) is 7.22. The molecule has 0 unspecified atom stereocenters. The molecule has 2 heterocycles. The van der Waals surface area contributed by atoms with Gasteiger partial charge in [0.2, 0.25) is 0 Å². The fourth-order valence-electron chi connectivity index (χ4n) is 2.18. The third kappa shape index (κ3) is 4.74. The Bertz CT molecular complexity index is 477. The molecular formula is C14H21N3O5. The minimum Gasteiger partial charge on any atom is -0.486 e. The molecular weight excluding hydrogens is 290 g/mol. The zero-order chi connectivity index (χ0) is 15.8. The minimum atomic E-state index is -0.866. The number of hydrogen-bond acceptors (Lipinski definition) is 6. The molecule has 1 aromatic rings. The molecule has 1 aliphatic heterocycles. The summed E-state index contributed by atoms with van der Waals surface area (Å²) in [4.78, 5) is 18.5. The van der Waals surface area contributed by atoms with Crippen LogP contribution >= 0.6 is 0 Å². The highest BCUT2D eigenvalue weighted by molar-refractivity contribution is 5.65. The van der Waals surface area contributed by atoms with Crippen molar-refractivity contribution in [3.63, 3.8) is 0 Å². The summed E-state index contributed by atoms with van der Waals surface area (Å²) < 4.78 is 11.0. The van der Waals surface area contributed by atoms with Gasteiger partial charge in [0.1, 0.15) is 13.2 Å². The molecule has 2 N–H and O–H groups in total. The largest absolute Gasteiger partial charge is 0.486 e. The van der Waals surface area contributed by atoms with Gasteiger partial charge in [0, 0.05) is 38.9 Å². The Morgan fingerprint density at radius 3 is 2.68 bits per heavy atom. The number of aliphatic hydroxyl groups excluding tert-OH is 1. The van der Waals surface area contributed by atoms with Gasteiger partial charge in [-0.05, 0) is 12.1 Å². The fraction of sp³-hybridized carbons (Fsp3) is 0.571. The first-order chi connectivity index (χ1) is 10.7.